The summed E-state index contributed by atoms with van der Waals surface area (Å²) in [6.45, 7) is 7.84. The second kappa shape index (κ2) is 7.60. The summed E-state index contributed by atoms with van der Waals surface area (Å²) in [5, 5.41) is 2.80. The average molecular weight is 447 g/mol. The smallest absolute Gasteiger partial charge is 0.297 e. The lowest BCUT2D eigenvalue weighted by Gasteiger charge is -2.22. The first-order chi connectivity index (χ1) is 15.3. The standard InChI is InChI=1S/C25H22N2O4S/c1-13(2)30-17-7-5-16(6-8-17)21-20-22(28)18-11-14(3)15(4)12-19(18)31-23(20)24(29)27(21)25-26-9-10-32-25/h5-13,21H,1-4H3. The monoisotopic (exact) mass is 446 g/mol. The molecule has 0 fully saturated rings. The molecule has 1 unspecified atom stereocenters. The van der Waals surface area contributed by atoms with Gasteiger partial charge in [0.15, 0.2) is 10.6 Å². The number of hydrogen-bond donors (Lipinski definition) is 0. The summed E-state index contributed by atoms with van der Waals surface area (Å²) in [5.74, 6) is 0.443. The third-order valence-electron chi connectivity index (χ3n) is 5.68. The number of aryl methyl sites for hydroxylation is 2. The first-order valence-electron chi connectivity index (χ1n) is 10.4. The number of carbonyl (C=O) groups is 1. The highest BCUT2D eigenvalue weighted by molar-refractivity contribution is 7.13. The Hall–Kier alpha value is -3.45. The number of rotatable bonds is 4. The van der Waals surface area contributed by atoms with Crippen LogP contribution in [0.3, 0.4) is 0 Å². The lowest BCUT2D eigenvalue weighted by Crippen LogP contribution is -2.29. The van der Waals surface area contributed by atoms with Crippen molar-refractivity contribution in [1.29, 1.82) is 0 Å². The number of anilines is 1. The minimum Gasteiger partial charge on any atom is -0.491 e. The zero-order chi connectivity index (χ0) is 22.6. The molecule has 0 radical (unpaired) electrons. The topological polar surface area (TPSA) is 72.6 Å². The number of carbonyl (C=O) groups excluding carboxylic acids is 1. The van der Waals surface area contributed by atoms with Gasteiger partial charge in [-0.15, -0.1) is 11.3 Å². The molecule has 1 aliphatic rings. The van der Waals surface area contributed by atoms with Gasteiger partial charge < -0.3 is 9.15 Å². The van der Waals surface area contributed by atoms with Crippen molar-refractivity contribution in [3.05, 3.63) is 86.2 Å². The lowest BCUT2D eigenvalue weighted by atomic mass is 9.97. The first kappa shape index (κ1) is 20.5. The number of hydrogen-bond acceptors (Lipinski definition) is 6. The Labute approximate surface area is 189 Å². The number of thiazole rings is 1. The average Bonchev–Trinajstić information content (AvgIpc) is 3.37. The third kappa shape index (κ3) is 3.20. The Morgan fingerprint density at radius 2 is 1.81 bits per heavy atom. The van der Waals surface area contributed by atoms with Crippen molar-refractivity contribution in [3.63, 3.8) is 0 Å². The van der Waals surface area contributed by atoms with Crippen LogP contribution in [-0.4, -0.2) is 17.0 Å². The van der Waals surface area contributed by atoms with Crippen LogP contribution >= 0.6 is 11.3 Å². The third-order valence-corrected chi connectivity index (χ3v) is 6.45. The Morgan fingerprint density at radius 1 is 1.09 bits per heavy atom. The van der Waals surface area contributed by atoms with Crippen LogP contribution in [0, 0.1) is 13.8 Å². The van der Waals surface area contributed by atoms with Crippen LogP contribution in [0.15, 0.2) is 57.2 Å². The van der Waals surface area contributed by atoms with Gasteiger partial charge in [0.2, 0.25) is 5.76 Å². The van der Waals surface area contributed by atoms with E-state index < -0.39 is 6.04 Å². The minimum absolute atomic E-state index is 0.0477. The van der Waals surface area contributed by atoms with Crippen LogP contribution < -0.4 is 15.1 Å². The number of aromatic nitrogens is 1. The molecule has 0 spiro atoms. The van der Waals surface area contributed by atoms with Gasteiger partial charge >= 0.3 is 0 Å². The quantitative estimate of drug-likeness (QED) is 0.419. The first-order valence-corrected chi connectivity index (χ1v) is 11.3. The molecule has 7 heteroatoms. The zero-order valence-electron chi connectivity index (χ0n) is 18.2. The Balaban J connectivity index is 1.74. The fourth-order valence-electron chi connectivity index (χ4n) is 4.08. The van der Waals surface area contributed by atoms with Crippen LogP contribution in [0.25, 0.3) is 11.0 Å². The van der Waals surface area contributed by atoms with Gasteiger partial charge in [-0.2, -0.15) is 0 Å². The number of amides is 1. The molecule has 1 aliphatic heterocycles. The number of fused-ring (bicyclic) bond motifs is 2. The maximum absolute atomic E-state index is 13.7. The van der Waals surface area contributed by atoms with Gasteiger partial charge in [0.05, 0.1) is 23.1 Å². The maximum atomic E-state index is 13.7. The van der Waals surface area contributed by atoms with E-state index in [1.807, 2.05) is 64.1 Å². The molecular weight excluding hydrogens is 424 g/mol. The van der Waals surface area contributed by atoms with E-state index in [9.17, 15) is 9.59 Å². The van der Waals surface area contributed by atoms with E-state index in [0.29, 0.717) is 21.7 Å². The van der Waals surface area contributed by atoms with Crippen LogP contribution in [0.4, 0.5) is 5.13 Å². The van der Waals surface area contributed by atoms with Crippen molar-refractivity contribution in [1.82, 2.24) is 4.98 Å². The van der Waals surface area contributed by atoms with Gasteiger partial charge in [0, 0.05) is 11.6 Å². The Bertz CT molecular complexity index is 1390. The highest BCUT2D eigenvalue weighted by Gasteiger charge is 2.44. The molecule has 6 nitrogen and oxygen atoms in total. The van der Waals surface area contributed by atoms with Crippen molar-refractivity contribution < 1.29 is 13.9 Å². The van der Waals surface area contributed by atoms with Gasteiger partial charge in [-0.3, -0.25) is 14.5 Å². The van der Waals surface area contributed by atoms with E-state index in [0.717, 1.165) is 22.4 Å². The molecule has 0 aliphatic carbocycles. The van der Waals surface area contributed by atoms with Gasteiger partial charge in [-0.1, -0.05) is 12.1 Å². The van der Waals surface area contributed by atoms with Crippen LogP contribution in [-0.2, 0) is 0 Å². The maximum Gasteiger partial charge on any atom is 0.297 e. The van der Waals surface area contributed by atoms with E-state index >= 15 is 0 Å². The SMILES string of the molecule is Cc1cc2oc3c(c(=O)c2cc1C)C(c1ccc(OC(C)C)cc1)N(c1nccs1)C3=O. The normalized spacial score (nSPS) is 15.6. The second-order valence-corrected chi connectivity index (χ2v) is 9.11. The Morgan fingerprint density at radius 3 is 2.47 bits per heavy atom. The molecule has 162 valence electrons. The molecule has 2 aromatic carbocycles. The van der Waals surface area contributed by atoms with Crippen LogP contribution in [0.1, 0.15) is 52.7 Å². The summed E-state index contributed by atoms with van der Waals surface area (Å²) < 4.78 is 11.8. The molecule has 0 saturated heterocycles. The molecule has 32 heavy (non-hydrogen) atoms. The highest BCUT2D eigenvalue weighted by atomic mass is 32.1. The minimum atomic E-state index is -0.626. The summed E-state index contributed by atoms with van der Waals surface area (Å²) >= 11 is 1.35. The van der Waals surface area contributed by atoms with Crippen LogP contribution in [0.5, 0.6) is 5.75 Å². The largest absolute Gasteiger partial charge is 0.491 e. The number of nitrogens with zero attached hydrogens (tertiary/aromatic N) is 2. The summed E-state index contributed by atoms with van der Waals surface area (Å²) in [4.78, 5) is 33.0. The van der Waals surface area contributed by atoms with Gasteiger partial charge in [-0.25, -0.2) is 4.98 Å². The Kier molecular flexibility index (Phi) is 4.86. The molecule has 2 aromatic heterocycles. The highest BCUT2D eigenvalue weighted by Crippen LogP contribution is 2.42. The molecule has 0 saturated carbocycles. The van der Waals surface area contributed by atoms with Crippen molar-refractivity contribution in [2.75, 3.05) is 4.90 Å². The summed E-state index contributed by atoms with van der Waals surface area (Å²) in [5.41, 5.74) is 3.37. The predicted molar refractivity (Wildman–Crippen MR) is 125 cm³/mol. The zero-order valence-corrected chi connectivity index (χ0v) is 19.0. The fraction of sp³-hybridized carbons (Fsp3) is 0.240. The number of ether oxygens (including phenoxy) is 1. The predicted octanol–water partition coefficient (Wildman–Crippen LogP) is 5.40. The van der Waals surface area contributed by atoms with Crippen molar-refractivity contribution in [2.45, 2.75) is 39.8 Å². The fourth-order valence-corrected chi connectivity index (χ4v) is 4.74. The molecule has 1 atom stereocenters. The van der Waals surface area contributed by atoms with E-state index in [-0.39, 0.29) is 23.2 Å². The second-order valence-electron chi connectivity index (χ2n) is 8.23. The van der Waals surface area contributed by atoms with Crippen molar-refractivity contribution >= 4 is 33.3 Å². The molecular formula is C25H22N2O4S. The molecule has 4 aromatic rings. The van der Waals surface area contributed by atoms with Gasteiger partial charge in [0.25, 0.3) is 5.91 Å². The van der Waals surface area contributed by atoms with E-state index in [2.05, 4.69) is 4.98 Å². The van der Waals surface area contributed by atoms with Gasteiger partial charge in [0.1, 0.15) is 11.3 Å². The summed E-state index contributed by atoms with van der Waals surface area (Å²) in [7, 11) is 0. The number of benzene rings is 2. The molecule has 1 amide bonds. The summed E-state index contributed by atoms with van der Waals surface area (Å²) in [6, 6.07) is 10.5. The van der Waals surface area contributed by atoms with E-state index in [4.69, 9.17) is 9.15 Å². The van der Waals surface area contributed by atoms with Crippen molar-refractivity contribution in [2.24, 2.45) is 0 Å². The van der Waals surface area contributed by atoms with Crippen molar-refractivity contribution in [3.8, 4) is 5.75 Å². The lowest BCUT2D eigenvalue weighted by molar-refractivity contribution is 0.0971. The van der Waals surface area contributed by atoms with Gasteiger partial charge in [-0.05, 0) is 68.7 Å². The van der Waals surface area contributed by atoms with E-state index in [1.165, 1.54) is 11.3 Å². The molecule has 3 heterocycles. The molecule has 0 N–H and O–H groups in total. The molecule has 0 bridgehead atoms. The summed E-state index contributed by atoms with van der Waals surface area (Å²) in [6.07, 6.45) is 1.69. The van der Waals surface area contributed by atoms with E-state index in [1.54, 1.807) is 16.5 Å². The molecule has 5 rings (SSSR count). The van der Waals surface area contributed by atoms with Crippen LogP contribution in [0.2, 0.25) is 0 Å².